The minimum absolute atomic E-state index is 0.0431. The number of hydrogen-bond donors (Lipinski definition) is 5. The van der Waals surface area contributed by atoms with E-state index in [2.05, 4.69) is 25.8 Å². The van der Waals surface area contributed by atoms with E-state index < -0.39 is 83.8 Å². The third kappa shape index (κ3) is 8.03. The highest BCUT2D eigenvalue weighted by atomic mass is 35.5. The lowest BCUT2D eigenvalue weighted by molar-refractivity contribution is -0.156. The molecule has 1 saturated carbocycles. The van der Waals surface area contributed by atoms with Gasteiger partial charge in [-0.1, -0.05) is 24.4 Å². The van der Waals surface area contributed by atoms with Crippen LogP contribution in [0.4, 0.5) is 5.69 Å². The van der Waals surface area contributed by atoms with Crippen LogP contribution in [0.1, 0.15) is 37.5 Å². The van der Waals surface area contributed by atoms with Gasteiger partial charge in [0.25, 0.3) is 0 Å². The second-order valence-electron chi connectivity index (χ2n) is 9.85. The maximum atomic E-state index is 13.0. The van der Waals surface area contributed by atoms with E-state index in [1.54, 1.807) is 12.3 Å². The molecule has 0 unspecified atom stereocenters. The van der Waals surface area contributed by atoms with Crippen molar-refractivity contribution in [2.75, 3.05) is 45.1 Å². The number of hydrogen-bond acceptors (Lipinski definition) is 16. The molecule has 5 N–H and O–H groups in total. The molecular formula is C25H32ClN4O13P. The van der Waals surface area contributed by atoms with Crippen LogP contribution in [-0.2, 0) is 42.1 Å². The van der Waals surface area contributed by atoms with Crippen molar-refractivity contribution >= 4 is 47.9 Å². The Morgan fingerprint density at radius 2 is 1.77 bits per heavy atom. The number of nitrogens with one attached hydrogen (secondary N) is 1. The van der Waals surface area contributed by atoms with Crippen LogP contribution in [0.25, 0.3) is 11.0 Å². The molecule has 1 saturated heterocycles. The van der Waals surface area contributed by atoms with Gasteiger partial charge in [0.2, 0.25) is 13.6 Å². The van der Waals surface area contributed by atoms with Crippen LogP contribution in [0, 0.1) is 11.3 Å². The fourth-order valence-corrected chi connectivity index (χ4v) is 5.99. The largest absolute Gasteiger partial charge is 0.436 e. The molecule has 0 spiro atoms. The van der Waals surface area contributed by atoms with Crippen molar-refractivity contribution in [3.63, 3.8) is 0 Å². The van der Waals surface area contributed by atoms with Gasteiger partial charge in [-0.3, -0.25) is 13.6 Å². The number of aromatic nitrogens is 2. The highest BCUT2D eigenvalue weighted by Gasteiger charge is 2.45. The molecule has 2 aliphatic rings. The van der Waals surface area contributed by atoms with Crippen LogP contribution in [-0.4, -0.2) is 106 Å². The van der Waals surface area contributed by atoms with Crippen LogP contribution in [0.2, 0.25) is 5.15 Å². The summed E-state index contributed by atoms with van der Waals surface area (Å²) in [6.45, 7) is -4.17. The Balaban J connectivity index is 1.44. The lowest BCUT2D eigenvalue weighted by atomic mass is 10.1. The summed E-state index contributed by atoms with van der Waals surface area (Å²) in [6.07, 6.45) is -0.447. The number of rotatable bonds is 15. The molecular weight excluding hydrogens is 631 g/mol. The standard InChI is InChI=1S/C25H32ClN4O13P/c26-23-16(7-27)20(28-14-3-1-2-4-14)15-5-6-30(24(15)29-23)25-22(36)21(35)17(43-25)10-38-13-44(37,41-11-39-18(33)8-31)42-12-40-19(34)9-32/h5-6,14,17,21-22,25,31-32,35-36H,1-4,8-13H2,(H,28,29)/t17-,21-,22-,25-/m1/s1. The molecule has 1 aliphatic heterocycles. The fourth-order valence-electron chi connectivity index (χ4n) is 4.80. The lowest BCUT2D eigenvalue weighted by Crippen LogP contribution is -2.34. The smallest absolute Gasteiger partial charge is 0.361 e. The number of nitriles is 1. The second kappa shape index (κ2) is 15.4. The molecule has 19 heteroatoms. The zero-order valence-electron chi connectivity index (χ0n) is 23.2. The van der Waals surface area contributed by atoms with E-state index in [1.165, 1.54) is 4.57 Å². The number of aliphatic hydroxyl groups is 4. The van der Waals surface area contributed by atoms with Gasteiger partial charge in [-0.25, -0.2) is 14.6 Å². The van der Waals surface area contributed by atoms with E-state index in [4.69, 9.17) is 40.3 Å². The topological polar surface area (TPSA) is 241 Å². The van der Waals surface area contributed by atoms with Crippen molar-refractivity contribution in [1.82, 2.24) is 9.55 Å². The number of halogens is 1. The number of anilines is 1. The molecule has 0 radical (unpaired) electrons. The molecule has 2 aromatic rings. The first kappa shape index (κ1) is 34.0. The van der Waals surface area contributed by atoms with Gasteiger partial charge in [0.1, 0.15) is 55.2 Å². The number of carbonyl (C=O) groups excluding carboxylic acids is 2. The van der Waals surface area contributed by atoms with Gasteiger partial charge in [0.15, 0.2) is 11.4 Å². The molecule has 2 aromatic heterocycles. The number of ether oxygens (including phenoxy) is 4. The fraction of sp³-hybridized carbons (Fsp3) is 0.600. The van der Waals surface area contributed by atoms with E-state index in [0.29, 0.717) is 16.7 Å². The summed E-state index contributed by atoms with van der Waals surface area (Å²) in [5.74, 6) is -2.16. The van der Waals surface area contributed by atoms with Gasteiger partial charge in [-0.05, 0) is 18.9 Å². The Morgan fingerprint density at radius 1 is 1.14 bits per heavy atom. The van der Waals surface area contributed by atoms with Crippen molar-refractivity contribution in [3.8, 4) is 6.07 Å². The molecule has 3 heterocycles. The van der Waals surface area contributed by atoms with Gasteiger partial charge < -0.3 is 49.3 Å². The summed E-state index contributed by atoms with van der Waals surface area (Å²) >= 11 is 6.37. The van der Waals surface area contributed by atoms with Crippen molar-refractivity contribution in [1.29, 1.82) is 5.26 Å². The molecule has 4 rings (SSSR count). The maximum Gasteiger partial charge on any atom is 0.361 e. The average Bonchev–Trinajstić information content (AvgIpc) is 3.73. The van der Waals surface area contributed by atoms with Crippen LogP contribution in [0.5, 0.6) is 0 Å². The average molecular weight is 663 g/mol. The monoisotopic (exact) mass is 662 g/mol. The summed E-state index contributed by atoms with van der Waals surface area (Å²) in [6, 6.07) is 3.95. The summed E-state index contributed by atoms with van der Waals surface area (Å²) in [5, 5.41) is 52.7. The molecule has 2 fully saturated rings. The first-order valence-electron chi connectivity index (χ1n) is 13.5. The van der Waals surface area contributed by atoms with Crippen molar-refractivity contribution in [3.05, 3.63) is 23.0 Å². The zero-order valence-corrected chi connectivity index (χ0v) is 24.9. The van der Waals surface area contributed by atoms with Crippen LogP contribution < -0.4 is 5.32 Å². The number of aliphatic hydroxyl groups excluding tert-OH is 4. The SMILES string of the molecule is N#Cc1c(Cl)nc2c(ccn2[C@@H]2O[C@H](COCP(=O)(OCOC(=O)CO)OCOC(=O)CO)[C@@H](O)[C@H]2O)c1NC1CCCC1. The van der Waals surface area contributed by atoms with E-state index in [9.17, 15) is 29.6 Å². The molecule has 17 nitrogen and oxygen atoms in total. The van der Waals surface area contributed by atoms with Crippen molar-refractivity contribution in [2.24, 2.45) is 0 Å². The van der Waals surface area contributed by atoms with Gasteiger partial charge >= 0.3 is 19.5 Å². The molecule has 242 valence electrons. The van der Waals surface area contributed by atoms with Gasteiger partial charge in [0.05, 0.1) is 12.3 Å². The third-order valence-corrected chi connectivity index (χ3v) is 8.74. The molecule has 44 heavy (non-hydrogen) atoms. The van der Waals surface area contributed by atoms with Gasteiger partial charge in [-0.15, -0.1) is 0 Å². The number of pyridine rings is 1. The Kier molecular flexibility index (Phi) is 11.9. The molecule has 1 aliphatic carbocycles. The predicted octanol–water partition coefficient (Wildman–Crippen LogP) is 0.721. The first-order valence-corrected chi connectivity index (χ1v) is 15.6. The Hall–Kier alpha value is -2.88. The molecule has 0 aromatic carbocycles. The summed E-state index contributed by atoms with van der Waals surface area (Å²) in [4.78, 5) is 26.6. The lowest BCUT2D eigenvalue weighted by Gasteiger charge is -2.20. The minimum Gasteiger partial charge on any atom is -0.436 e. The highest BCUT2D eigenvalue weighted by molar-refractivity contribution is 7.53. The number of carbonyl (C=O) groups is 2. The molecule has 0 bridgehead atoms. The Bertz CT molecular complexity index is 1390. The quantitative estimate of drug-likeness (QED) is 0.0763. The minimum atomic E-state index is -4.28. The van der Waals surface area contributed by atoms with E-state index in [1.807, 2.05) is 0 Å². The van der Waals surface area contributed by atoms with E-state index in [-0.39, 0.29) is 16.8 Å². The van der Waals surface area contributed by atoms with Crippen LogP contribution in [0.15, 0.2) is 12.3 Å². The number of nitrogens with zero attached hydrogens (tertiary/aromatic N) is 3. The Labute approximate surface area is 255 Å². The van der Waals surface area contributed by atoms with Crippen molar-refractivity contribution in [2.45, 2.75) is 56.3 Å². The van der Waals surface area contributed by atoms with Gasteiger partial charge in [-0.2, -0.15) is 5.26 Å². The van der Waals surface area contributed by atoms with Crippen molar-refractivity contribution < 1.29 is 62.6 Å². The van der Waals surface area contributed by atoms with E-state index >= 15 is 0 Å². The van der Waals surface area contributed by atoms with Crippen LogP contribution >= 0.6 is 19.2 Å². The number of fused-ring (bicyclic) bond motifs is 1. The van der Waals surface area contributed by atoms with Gasteiger partial charge in [0, 0.05) is 17.6 Å². The van der Waals surface area contributed by atoms with Crippen LogP contribution in [0.3, 0.4) is 0 Å². The normalized spacial score (nSPS) is 22.3. The number of esters is 2. The summed E-state index contributed by atoms with van der Waals surface area (Å²) in [5.41, 5.74) is 1.01. The maximum absolute atomic E-state index is 13.0. The van der Waals surface area contributed by atoms with E-state index in [0.717, 1.165) is 25.7 Å². The second-order valence-corrected chi connectivity index (χ2v) is 12.2. The molecule has 0 amide bonds. The predicted molar refractivity (Wildman–Crippen MR) is 148 cm³/mol. The summed E-state index contributed by atoms with van der Waals surface area (Å²) in [7, 11) is -4.28. The third-order valence-electron chi connectivity index (χ3n) is 6.97. The molecule has 4 atom stereocenters. The first-order chi connectivity index (χ1) is 21.1. The summed E-state index contributed by atoms with van der Waals surface area (Å²) < 4.78 is 44.6. The zero-order chi connectivity index (χ0) is 31.9. The Morgan fingerprint density at radius 3 is 2.36 bits per heavy atom. The highest BCUT2D eigenvalue weighted by Crippen LogP contribution is 2.48.